The predicted octanol–water partition coefficient (Wildman–Crippen LogP) is 2.32. The molecule has 0 aliphatic heterocycles. The first-order valence-electron chi connectivity index (χ1n) is 6.33. The Morgan fingerprint density at radius 1 is 1.37 bits per heavy atom. The second kappa shape index (κ2) is 5.26. The zero-order valence-corrected chi connectivity index (χ0v) is 11.5. The summed E-state index contributed by atoms with van der Waals surface area (Å²) < 4.78 is 1.88. The van der Waals surface area contributed by atoms with Gasteiger partial charge in [-0.2, -0.15) is 0 Å². The van der Waals surface area contributed by atoms with Crippen molar-refractivity contribution < 1.29 is 9.59 Å². The van der Waals surface area contributed by atoms with Gasteiger partial charge in [-0.15, -0.1) is 0 Å². The minimum absolute atomic E-state index is 0.0593. The zero-order valence-electron chi connectivity index (χ0n) is 11.5. The molecule has 2 aromatic rings. The lowest BCUT2D eigenvalue weighted by Gasteiger charge is -2.21. The van der Waals surface area contributed by atoms with E-state index >= 15 is 0 Å². The van der Waals surface area contributed by atoms with Crippen molar-refractivity contribution in [1.29, 1.82) is 0 Å². The summed E-state index contributed by atoms with van der Waals surface area (Å²) in [6.07, 6.45) is 2.69. The summed E-state index contributed by atoms with van der Waals surface area (Å²) in [7, 11) is 1.80. The Balaban J connectivity index is 2.32. The summed E-state index contributed by atoms with van der Waals surface area (Å²) in [5.74, 6) is 0.0593. The van der Waals surface area contributed by atoms with Crippen LogP contribution in [0.5, 0.6) is 0 Å². The topological polar surface area (TPSA) is 42.3 Å². The molecule has 2 rings (SSSR count). The first kappa shape index (κ1) is 13.3. The van der Waals surface area contributed by atoms with E-state index in [4.69, 9.17) is 0 Å². The number of nitrogens with zero attached hydrogens (tertiary/aromatic N) is 2. The summed E-state index contributed by atoms with van der Waals surface area (Å²) in [4.78, 5) is 24.8. The largest absolute Gasteiger partial charge is 0.342 e. The van der Waals surface area contributed by atoms with Crippen LogP contribution in [0.3, 0.4) is 0 Å². The number of rotatable bonds is 4. The molecule has 1 heterocycles. The van der Waals surface area contributed by atoms with Crippen LogP contribution in [0.4, 0.5) is 0 Å². The van der Waals surface area contributed by atoms with Gasteiger partial charge >= 0.3 is 0 Å². The molecule has 19 heavy (non-hydrogen) atoms. The number of carbonyl (C=O) groups excluding carboxylic acids is 2. The molecule has 0 fully saturated rings. The molecule has 0 aliphatic rings. The number of amides is 1. The van der Waals surface area contributed by atoms with Crippen LogP contribution < -0.4 is 0 Å². The summed E-state index contributed by atoms with van der Waals surface area (Å²) in [6.45, 7) is 4.26. The highest BCUT2D eigenvalue weighted by Gasteiger charge is 2.14. The fourth-order valence-electron chi connectivity index (χ4n) is 2.03. The van der Waals surface area contributed by atoms with E-state index in [1.807, 2.05) is 42.8 Å². The number of aromatic nitrogens is 1. The zero-order chi connectivity index (χ0) is 14.0. The average Bonchev–Trinajstić information content (AvgIpc) is 2.80. The maximum atomic E-state index is 12.1. The van der Waals surface area contributed by atoms with Gasteiger partial charge in [0, 0.05) is 35.8 Å². The van der Waals surface area contributed by atoms with Crippen LogP contribution in [0.2, 0.25) is 0 Å². The van der Waals surface area contributed by atoms with Gasteiger partial charge in [0.2, 0.25) is 5.91 Å². The number of aldehydes is 1. The Morgan fingerprint density at radius 2 is 2.11 bits per heavy atom. The minimum atomic E-state index is 0.0593. The maximum Gasteiger partial charge on any atom is 0.242 e. The van der Waals surface area contributed by atoms with Gasteiger partial charge in [-0.25, -0.2) is 0 Å². The molecule has 0 N–H and O–H groups in total. The number of benzene rings is 1. The molecule has 0 radical (unpaired) electrons. The fourth-order valence-corrected chi connectivity index (χ4v) is 2.03. The van der Waals surface area contributed by atoms with Crippen molar-refractivity contribution in [1.82, 2.24) is 9.47 Å². The SMILES string of the molecule is CC(C)N(C)C(=O)Cn1ccc2c(C=O)cccc21. The Kier molecular flexibility index (Phi) is 3.69. The summed E-state index contributed by atoms with van der Waals surface area (Å²) in [6, 6.07) is 7.59. The van der Waals surface area contributed by atoms with Crippen molar-refractivity contribution in [2.45, 2.75) is 26.4 Å². The molecule has 0 saturated heterocycles. The number of hydrogen-bond donors (Lipinski definition) is 0. The summed E-state index contributed by atoms with van der Waals surface area (Å²) in [5.41, 5.74) is 1.57. The van der Waals surface area contributed by atoms with E-state index in [0.717, 1.165) is 17.2 Å². The Hall–Kier alpha value is -2.10. The van der Waals surface area contributed by atoms with Gasteiger partial charge in [0.1, 0.15) is 6.54 Å². The van der Waals surface area contributed by atoms with Gasteiger partial charge in [0.25, 0.3) is 0 Å². The summed E-state index contributed by atoms with van der Waals surface area (Å²) in [5, 5.41) is 0.887. The van der Waals surface area contributed by atoms with E-state index < -0.39 is 0 Å². The van der Waals surface area contributed by atoms with E-state index in [1.165, 1.54) is 0 Å². The van der Waals surface area contributed by atoms with Gasteiger partial charge in [-0.1, -0.05) is 12.1 Å². The van der Waals surface area contributed by atoms with Crippen molar-refractivity contribution in [2.75, 3.05) is 7.05 Å². The molecule has 0 bridgehead atoms. The fraction of sp³-hybridized carbons (Fsp3) is 0.333. The predicted molar refractivity (Wildman–Crippen MR) is 75.2 cm³/mol. The van der Waals surface area contributed by atoms with Crippen LogP contribution in [-0.2, 0) is 11.3 Å². The van der Waals surface area contributed by atoms with Crippen LogP contribution in [0, 0.1) is 0 Å². The lowest BCUT2D eigenvalue weighted by molar-refractivity contribution is -0.131. The third-order valence-corrected chi connectivity index (χ3v) is 3.45. The number of likely N-dealkylation sites (N-methyl/N-ethyl adjacent to an activating group) is 1. The average molecular weight is 258 g/mol. The van der Waals surface area contributed by atoms with Gasteiger partial charge in [-0.3, -0.25) is 9.59 Å². The van der Waals surface area contributed by atoms with Gasteiger partial charge < -0.3 is 9.47 Å². The van der Waals surface area contributed by atoms with Crippen molar-refractivity contribution in [2.24, 2.45) is 0 Å². The highest BCUT2D eigenvalue weighted by Crippen LogP contribution is 2.19. The first-order chi connectivity index (χ1) is 9.04. The van der Waals surface area contributed by atoms with Crippen molar-refractivity contribution in [3.63, 3.8) is 0 Å². The van der Waals surface area contributed by atoms with E-state index in [0.29, 0.717) is 12.1 Å². The Labute approximate surface area is 112 Å². The highest BCUT2D eigenvalue weighted by molar-refractivity contribution is 5.97. The monoisotopic (exact) mass is 258 g/mol. The lowest BCUT2D eigenvalue weighted by Crippen LogP contribution is -2.35. The molecule has 1 aromatic heterocycles. The first-order valence-corrected chi connectivity index (χ1v) is 6.33. The quantitative estimate of drug-likeness (QED) is 0.790. The van der Waals surface area contributed by atoms with Crippen molar-refractivity contribution in [3.05, 3.63) is 36.0 Å². The van der Waals surface area contributed by atoms with Crippen molar-refractivity contribution in [3.8, 4) is 0 Å². The van der Waals surface area contributed by atoms with Crippen LogP contribution in [-0.4, -0.2) is 34.7 Å². The molecule has 4 heteroatoms. The van der Waals surface area contributed by atoms with Gasteiger partial charge in [0.15, 0.2) is 6.29 Å². The third-order valence-electron chi connectivity index (χ3n) is 3.45. The molecule has 0 spiro atoms. The normalized spacial score (nSPS) is 10.9. The van der Waals surface area contributed by atoms with Gasteiger partial charge in [0.05, 0.1) is 0 Å². The minimum Gasteiger partial charge on any atom is -0.342 e. The van der Waals surface area contributed by atoms with E-state index in [-0.39, 0.29) is 11.9 Å². The smallest absolute Gasteiger partial charge is 0.242 e. The molecule has 1 amide bonds. The maximum absolute atomic E-state index is 12.1. The Bertz CT molecular complexity index is 614. The van der Waals surface area contributed by atoms with Crippen LogP contribution in [0.15, 0.2) is 30.5 Å². The van der Waals surface area contributed by atoms with E-state index in [1.54, 1.807) is 18.0 Å². The van der Waals surface area contributed by atoms with E-state index in [2.05, 4.69) is 0 Å². The molecule has 0 atom stereocenters. The number of carbonyl (C=O) groups is 2. The standard InChI is InChI=1S/C15H18N2O2/c1-11(2)16(3)15(19)9-17-8-7-13-12(10-18)5-4-6-14(13)17/h4-8,10-11H,9H2,1-3H3. The number of hydrogen-bond acceptors (Lipinski definition) is 2. The molecule has 4 nitrogen and oxygen atoms in total. The molecular weight excluding hydrogens is 240 g/mol. The molecule has 0 saturated carbocycles. The molecule has 100 valence electrons. The summed E-state index contributed by atoms with van der Waals surface area (Å²) >= 11 is 0. The van der Waals surface area contributed by atoms with Crippen LogP contribution in [0.1, 0.15) is 24.2 Å². The third kappa shape index (κ3) is 2.52. The van der Waals surface area contributed by atoms with Crippen LogP contribution in [0.25, 0.3) is 10.9 Å². The Morgan fingerprint density at radius 3 is 2.74 bits per heavy atom. The molecular formula is C15H18N2O2. The highest BCUT2D eigenvalue weighted by atomic mass is 16.2. The van der Waals surface area contributed by atoms with Crippen LogP contribution >= 0.6 is 0 Å². The number of fused-ring (bicyclic) bond motifs is 1. The second-order valence-corrected chi connectivity index (χ2v) is 4.94. The van der Waals surface area contributed by atoms with Crippen molar-refractivity contribution >= 4 is 23.1 Å². The molecule has 0 aliphatic carbocycles. The molecule has 0 unspecified atom stereocenters. The van der Waals surface area contributed by atoms with E-state index in [9.17, 15) is 9.59 Å². The second-order valence-electron chi connectivity index (χ2n) is 4.94. The lowest BCUT2D eigenvalue weighted by atomic mass is 10.1. The molecule has 1 aromatic carbocycles. The van der Waals surface area contributed by atoms with Gasteiger partial charge in [-0.05, 0) is 26.0 Å².